The maximum Gasteiger partial charge on any atom is 0.252 e. The number of nitrogens with one attached hydrogen (secondary N) is 1. The quantitative estimate of drug-likeness (QED) is 0.770. The molecule has 0 aliphatic heterocycles. The molecule has 7 nitrogen and oxygen atoms in total. The van der Waals surface area contributed by atoms with Crippen LogP contribution in [0.15, 0.2) is 18.5 Å². The van der Waals surface area contributed by atoms with Gasteiger partial charge in [-0.25, -0.2) is 8.42 Å². The molecule has 150 valence electrons. The second-order valence-electron chi connectivity index (χ2n) is 7.79. The number of hydrogen-bond acceptors (Lipinski definition) is 4. The van der Waals surface area contributed by atoms with Crippen LogP contribution in [0.5, 0.6) is 0 Å². The topological polar surface area (TPSA) is 107 Å². The van der Waals surface area contributed by atoms with Gasteiger partial charge in [-0.15, -0.1) is 0 Å². The Morgan fingerprint density at radius 3 is 2.29 bits per heavy atom. The van der Waals surface area contributed by atoms with Gasteiger partial charge in [-0.3, -0.25) is 14.2 Å². The maximum atomic E-state index is 13.7. The number of amides is 1. The molecule has 0 radical (unpaired) electrons. The van der Waals surface area contributed by atoms with Gasteiger partial charge >= 0.3 is 0 Å². The van der Waals surface area contributed by atoms with Crippen LogP contribution in [0.2, 0.25) is 0 Å². The van der Waals surface area contributed by atoms with Crippen molar-refractivity contribution in [3.8, 4) is 0 Å². The van der Waals surface area contributed by atoms with Crippen molar-refractivity contribution in [2.75, 3.05) is 4.72 Å². The van der Waals surface area contributed by atoms with E-state index >= 15 is 0 Å². The molecule has 1 unspecified atom stereocenters. The number of carbonyl (C=O) groups excluding carboxylic acids is 1. The molecule has 2 aliphatic carbocycles. The normalized spacial score (nSPS) is 17.8. The van der Waals surface area contributed by atoms with Crippen molar-refractivity contribution in [1.82, 2.24) is 9.78 Å². The van der Waals surface area contributed by atoms with Gasteiger partial charge in [-0.05, 0) is 72.8 Å². The van der Waals surface area contributed by atoms with E-state index in [-0.39, 0.29) is 6.42 Å². The summed E-state index contributed by atoms with van der Waals surface area (Å²) in [7, 11) is -2.44. The lowest BCUT2D eigenvalue weighted by molar-refractivity contribution is -0.120. The summed E-state index contributed by atoms with van der Waals surface area (Å²) in [5, 5.41) is 4.02. The second-order valence-corrected chi connectivity index (χ2v) is 9.69. The van der Waals surface area contributed by atoms with E-state index in [1.165, 1.54) is 22.0 Å². The van der Waals surface area contributed by atoms with E-state index in [1.54, 1.807) is 20.2 Å². The van der Waals surface area contributed by atoms with E-state index in [4.69, 9.17) is 5.73 Å². The molecule has 4 rings (SSSR count). The summed E-state index contributed by atoms with van der Waals surface area (Å²) in [4.78, 5) is 12.9. The number of benzene rings is 1. The van der Waals surface area contributed by atoms with Crippen LogP contribution in [-0.2, 0) is 52.3 Å². The number of primary amides is 1. The number of nitrogens with zero attached hydrogens (tertiary/aromatic N) is 2. The average molecular weight is 403 g/mol. The van der Waals surface area contributed by atoms with Crippen molar-refractivity contribution in [3.05, 3.63) is 46.3 Å². The first-order valence-corrected chi connectivity index (χ1v) is 11.3. The summed E-state index contributed by atoms with van der Waals surface area (Å²) >= 11 is 0. The number of carbonyl (C=O) groups is 1. The molecule has 1 aromatic heterocycles. The number of rotatable bonds is 6. The lowest BCUT2D eigenvalue weighted by Crippen LogP contribution is -2.51. The molecule has 0 fully saturated rings. The Morgan fingerprint density at radius 2 is 1.82 bits per heavy atom. The van der Waals surface area contributed by atoms with Crippen molar-refractivity contribution in [3.63, 3.8) is 0 Å². The second kappa shape index (κ2) is 6.62. The summed E-state index contributed by atoms with van der Waals surface area (Å²) < 4.78 is 29.6. The molecule has 1 atom stereocenters. The summed E-state index contributed by atoms with van der Waals surface area (Å²) in [6.45, 7) is 1.73. The first kappa shape index (κ1) is 19.0. The Morgan fingerprint density at radius 1 is 1.21 bits per heavy atom. The van der Waals surface area contributed by atoms with Crippen LogP contribution in [-0.4, -0.2) is 24.1 Å². The number of fused-ring (bicyclic) bond motifs is 2. The SMILES string of the molecule is CCC(C(N)=O)(c1c2c(cc3c1CCC3)CCC2)S(=O)(=O)Nc1cnn(C)c1. The third kappa shape index (κ3) is 2.65. The lowest BCUT2D eigenvalue weighted by atomic mass is 9.83. The highest BCUT2D eigenvalue weighted by atomic mass is 32.2. The highest BCUT2D eigenvalue weighted by Crippen LogP contribution is 2.45. The predicted octanol–water partition coefficient (Wildman–Crippen LogP) is 1.93. The monoisotopic (exact) mass is 402 g/mol. The van der Waals surface area contributed by atoms with Gasteiger partial charge in [0.05, 0.1) is 11.9 Å². The number of aryl methyl sites for hydroxylation is 3. The molecule has 2 aromatic rings. The highest BCUT2D eigenvalue weighted by molar-refractivity contribution is 7.94. The van der Waals surface area contributed by atoms with Gasteiger partial charge in [0, 0.05) is 13.2 Å². The van der Waals surface area contributed by atoms with E-state index in [1.807, 2.05) is 0 Å². The summed E-state index contributed by atoms with van der Waals surface area (Å²) in [6.07, 6.45) is 8.44. The third-order valence-corrected chi connectivity index (χ3v) is 8.30. The minimum Gasteiger partial charge on any atom is -0.368 e. The number of sulfonamides is 1. The molecule has 1 heterocycles. The van der Waals surface area contributed by atoms with Crippen molar-refractivity contribution in [2.24, 2.45) is 12.8 Å². The minimum absolute atomic E-state index is 0.0841. The standard InChI is InChI=1S/C20H26N4O3S/c1-3-20(19(21)25,28(26,27)23-15-11-22-24(2)12-15)18-16-8-4-6-13(16)10-14-7-5-9-17(14)18/h10-12,23H,3-9H2,1-2H3,(H2,21,25). The summed E-state index contributed by atoms with van der Waals surface area (Å²) in [6, 6.07) is 2.22. The molecule has 3 N–H and O–H groups in total. The van der Waals surface area contributed by atoms with Crippen LogP contribution in [0.3, 0.4) is 0 Å². The first-order chi connectivity index (χ1) is 13.3. The van der Waals surface area contributed by atoms with E-state index in [0.717, 1.165) is 49.7 Å². The Labute approximate surface area is 165 Å². The van der Waals surface area contributed by atoms with Crippen LogP contribution in [0.1, 0.15) is 54.0 Å². The van der Waals surface area contributed by atoms with Crippen LogP contribution in [0.4, 0.5) is 5.69 Å². The van der Waals surface area contributed by atoms with Gasteiger partial charge in [0.1, 0.15) is 0 Å². The zero-order valence-corrected chi connectivity index (χ0v) is 17.1. The molecule has 2 aliphatic rings. The van der Waals surface area contributed by atoms with E-state index < -0.39 is 20.7 Å². The Bertz CT molecular complexity index is 1030. The number of aromatic nitrogens is 2. The molecule has 8 heteroatoms. The fourth-order valence-corrected chi connectivity index (χ4v) is 6.70. The smallest absolute Gasteiger partial charge is 0.252 e. The minimum atomic E-state index is -4.15. The van der Waals surface area contributed by atoms with Gasteiger partial charge in [-0.1, -0.05) is 13.0 Å². The fraction of sp³-hybridized carbons (Fsp3) is 0.500. The average Bonchev–Trinajstić information content (AvgIpc) is 3.35. The van der Waals surface area contributed by atoms with Gasteiger partial charge in [0.25, 0.3) is 10.0 Å². The van der Waals surface area contributed by atoms with Gasteiger partial charge in [0.2, 0.25) is 5.91 Å². The Balaban J connectivity index is 1.96. The largest absolute Gasteiger partial charge is 0.368 e. The van der Waals surface area contributed by atoms with Crippen LogP contribution < -0.4 is 10.5 Å². The number of nitrogens with two attached hydrogens (primary N) is 1. The zero-order chi connectivity index (χ0) is 20.1. The van der Waals surface area contributed by atoms with Gasteiger partial charge in [-0.2, -0.15) is 5.10 Å². The zero-order valence-electron chi connectivity index (χ0n) is 16.3. The van der Waals surface area contributed by atoms with Crippen molar-refractivity contribution in [2.45, 2.75) is 56.6 Å². The maximum absolute atomic E-state index is 13.7. The lowest BCUT2D eigenvalue weighted by Gasteiger charge is -2.33. The Kier molecular flexibility index (Phi) is 4.49. The molecule has 1 amide bonds. The van der Waals surface area contributed by atoms with Crippen LogP contribution in [0.25, 0.3) is 0 Å². The fourth-order valence-electron chi connectivity index (χ4n) is 4.95. The van der Waals surface area contributed by atoms with Gasteiger partial charge < -0.3 is 5.73 Å². The molecule has 0 saturated carbocycles. The van der Waals surface area contributed by atoms with E-state index in [0.29, 0.717) is 11.3 Å². The first-order valence-electron chi connectivity index (χ1n) is 9.78. The molecule has 0 saturated heterocycles. The van der Waals surface area contributed by atoms with Crippen molar-refractivity contribution >= 4 is 21.6 Å². The predicted molar refractivity (Wildman–Crippen MR) is 107 cm³/mol. The highest BCUT2D eigenvalue weighted by Gasteiger charge is 2.53. The van der Waals surface area contributed by atoms with Crippen LogP contribution >= 0.6 is 0 Å². The van der Waals surface area contributed by atoms with E-state index in [2.05, 4.69) is 15.9 Å². The number of anilines is 1. The molecule has 0 bridgehead atoms. The van der Waals surface area contributed by atoms with Crippen molar-refractivity contribution < 1.29 is 13.2 Å². The van der Waals surface area contributed by atoms with Crippen molar-refractivity contribution in [1.29, 1.82) is 0 Å². The Hall–Kier alpha value is -2.35. The molecule has 28 heavy (non-hydrogen) atoms. The molecule has 1 aromatic carbocycles. The molecular formula is C20H26N4O3S. The van der Waals surface area contributed by atoms with Crippen LogP contribution in [0, 0.1) is 0 Å². The summed E-state index contributed by atoms with van der Waals surface area (Å²) in [5.41, 5.74) is 11.2. The third-order valence-electron chi connectivity index (χ3n) is 6.19. The van der Waals surface area contributed by atoms with Gasteiger partial charge in [0.15, 0.2) is 4.75 Å². The summed E-state index contributed by atoms with van der Waals surface area (Å²) in [5.74, 6) is -0.819. The number of hydrogen-bond donors (Lipinski definition) is 2. The molecular weight excluding hydrogens is 376 g/mol. The van der Waals surface area contributed by atoms with E-state index in [9.17, 15) is 13.2 Å². The molecule has 0 spiro atoms.